The lowest BCUT2D eigenvalue weighted by Gasteiger charge is -2.31. The maximum atomic E-state index is 5.34. The Bertz CT molecular complexity index is 391. The molecule has 1 N–H and O–H groups in total. The smallest absolute Gasteiger partial charge is 0.324 e. The number of hydrogen-bond acceptors (Lipinski definition) is 5. The topological polar surface area (TPSA) is 54.2 Å². The Labute approximate surface area is 108 Å². The first-order valence-electron chi connectivity index (χ1n) is 7.07. The van der Waals surface area contributed by atoms with E-state index < -0.39 is 0 Å². The molecule has 0 unspecified atom stereocenters. The van der Waals surface area contributed by atoms with Gasteiger partial charge in [-0.3, -0.25) is 0 Å². The second kappa shape index (κ2) is 4.88. The van der Waals surface area contributed by atoms with E-state index in [0.29, 0.717) is 18.0 Å². The Balaban J connectivity index is 1.54. The van der Waals surface area contributed by atoms with Crippen LogP contribution in [0.4, 0.5) is 6.01 Å². The molecule has 0 amide bonds. The van der Waals surface area contributed by atoms with Gasteiger partial charge < -0.3 is 14.7 Å². The molecule has 0 bridgehead atoms. The van der Waals surface area contributed by atoms with E-state index in [1.165, 1.54) is 25.7 Å². The van der Waals surface area contributed by atoms with Crippen molar-refractivity contribution < 1.29 is 4.52 Å². The van der Waals surface area contributed by atoms with Crippen molar-refractivity contribution in [1.29, 1.82) is 0 Å². The highest BCUT2D eigenvalue weighted by molar-refractivity contribution is 5.26. The zero-order valence-electron chi connectivity index (χ0n) is 11.2. The predicted molar refractivity (Wildman–Crippen MR) is 69.8 cm³/mol. The Morgan fingerprint density at radius 2 is 1.83 bits per heavy atom. The van der Waals surface area contributed by atoms with Crippen LogP contribution in [-0.2, 0) is 0 Å². The van der Waals surface area contributed by atoms with E-state index in [0.717, 1.165) is 25.0 Å². The number of hydrogen-bond donors (Lipinski definition) is 1. The first kappa shape index (κ1) is 12.0. The standard InChI is InChI=1S/C13H22N4O/c1-9(2)12-15-13(18-16-12)17-7-5-11(6-8-17)14-10-3-4-10/h9-11,14H,3-8H2,1-2H3. The fraction of sp³-hybridized carbons (Fsp3) is 0.846. The molecule has 100 valence electrons. The quantitative estimate of drug-likeness (QED) is 0.884. The van der Waals surface area contributed by atoms with E-state index in [1.54, 1.807) is 0 Å². The number of aromatic nitrogens is 2. The average molecular weight is 250 g/mol. The molecule has 0 aromatic carbocycles. The Morgan fingerprint density at radius 3 is 2.39 bits per heavy atom. The van der Waals surface area contributed by atoms with Crippen molar-refractivity contribution >= 4 is 6.01 Å². The molecule has 0 atom stereocenters. The summed E-state index contributed by atoms with van der Waals surface area (Å²) in [6.45, 7) is 6.20. The molecule has 18 heavy (non-hydrogen) atoms. The summed E-state index contributed by atoms with van der Waals surface area (Å²) >= 11 is 0. The largest absolute Gasteiger partial charge is 0.324 e. The summed E-state index contributed by atoms with van der Waals surface area (Å²) in [7, 11) is 0. The number of nitrogens with zero attached hydrogens (tertiary/aromatic N) is 3. The van der Waals surface area contributed by atoms with E-state index in [-0.39, 0.29) is 0 Å². The van der Waals surface area contributed by atoms with E-state index in [1.807, 2.05) is 0 Å². The molecule has 1 aromatic rings. The monoisotopic (exact) mass is 250 g/mol. The highest BCUT2D eigenvalue weighted by atomic mass is 16.5. The van der Waals surface area contributed by atoms with Gasteiger partial charge in [0.25, 0.3) is 0 Å². The molecule has 5 heteroatoms. The van der Waals surface area contributed by atoms with E-state index in [4.69, 9.17) is 4.52 Å². The first-order chi connectivity index (χ1) is 8.72. The van der Waals surface area contributed by atoms with Crippen LogP contribution in [0.2, 0.25) is 0 Å². The minimum atomic E-state index is 0.330. The van der Waals surface area contributed by atoms with Crippen molar-refractivity contribution in [2.45, 2.75) is 57.5 Å². The van der Waals surface area contributed by atoms with E-state index in [9.17, 15) is 0 Å². The van der Waals surface area contributed by atoms with Gasteiger partial charge in [0.1, 0.15) is 0 Å². The summed E-state index contributed by atoms with van der Waals surface area (Å²) in [6, 6.07) is 2.18. The number of piperidine rings is 1. The lowest BCUT2D eigenvalue weighted by molar-refractivity contribution is 0.367. The molecular formula is C13H22N4O. The van der Waals surface area contributed by atoms with Crippen LogP contribution in [-0.4, -0.2) is 35.3 Å². The molecule has 2 heterocycles. The molecule has 1 saturated heterocycles. The number of rotatable bonds is 4. The number of anilines is 1. The summed E-state index contributed by atoms with van der Waals surface area (Å²) in [4.78, 5) is 6.67. The van der Waals surface area contributed by atoms with Gasteiger partial charge in [-0.05, 0) is 25.7 Å². The molecule has 2 aliphatic rings. The van der Waals surface area contributed by atoms with Crippen LogP contribution in [0, 0.1) is 0 Å². The van der Waals surface area contributed by atoms with Crippen LogP contribution in [0.25, 0.3) is 0 Å². The molecular weight excluding hydrogens is 228 g/mol. The number of nitrogens with one attached hydrogen (secondary N) is 1. The van der Waals surface area contributed by atoms with E-state index >= 15 is 0 Å². The third kappa shape index (κ3) is 2.66. The highest BCUT2D eigenvalue weighted by Gasteiger charge is 2.28. The van der Waals surface area contributed by atoms with Crippen LogP contribution in [0.3, 0.4) is 0 Å². The molecule has 1 aliphatic heterocycles. The Kier molecular flexibility index (Phi) is 3.24. The fourth-order valence-corrected chi connectivity index (χ4v) is 2.41. The third-order valence-electron chi connectivity index (χ3n) is 3.76. The molecule has 3 rings (SSSR count). The van der Waals surface area contributed by atoms with Crippen molar-refractivity contribution in [2.24, 2.45) is 0 Å². The second-order valence-electron chi connectivity index (χ2n) is 5.79. The summed E-state index contributed by atoms with van der Waals surface area (Å²) in [5.41, 5.74) is 0. The lowest BCUT2D eigenvalue weighted by Crippen LogP contribution is -2.43. The van der Waals surface area contributed by atoms with Crippen molar-refractivity contribution in [3.05, 3.63) is 5.82 Å². The molecule has 1 saturated carbocycles. The van der Waals surface area contributed by atoms with Gasteiger partial charge in [0.15, 0.2) is 5.82 Å². The lowest BCUT2D eigenvalue weighted by atomic mass is 10.1. The molecule has 1 aliphatic carbocycles. The van der Waals surface area contributed by atoms with Gasteiger partial charge in [-0.2, -0.15) is 4.98 Å². The summed E-state index contributed by atoms with van der Waals surface area (Å²) in [5.74, 6) is 1.14. The highest BCUT2D eigenvalue weighted by Crippen LogP contribution is 2.24. The van der Waals surface area contributed by atoms with Crippen molar-refractivity contribution in [3.63, 3.8) is 0 Å². The third-order valence-corrected chi connectivity index (χ3v) is 3.76. The zero-order valence-corrected chi connectivity index (χ0v) is 11.2. The molecule has 0 radical (unpaired) electrons. The maximum absolute atomic E-state index is 5.34. The van der Waals surface area contributed by atoms with Gasteiger partial charge >= 0.3 is 6.01 Å². The van der Waals surface area contributed by atoms with Crippen LogP contribution in [0.15, 0.2) is 4.52 Å². The minimum Gasteiger partial charge on any atom is -0.324 e. The van der Waals surface area contributed by atoms with Gasteiger partial charge in [-0.25, -0.2) is 0 Å². The van der Waals surface area contributed by atoms with Crippen LogP contribution >= 0.6 is 0 Å². The SMILES string of the molecule is CC(C)c1noc(N2CCC(NC3CC3)CC2)n1. The van der Waals surface area contributed by atoms with Crippen molar-refractivity contribution in [1.82, 2.24) is 15.5 Å². The Hall–Kier alpha value is -1.10. The fourth-order valence-electron chi connectivity index (χ4n) is 2.41. The van der Waals surface area contributed by atoms with E-state index in [2.05, 4.69) is 34.2 Å². The molecule has 0 spiro atoms. The van der Waals surface area contributed by atoms with Crippen molar-refractivity contribution in [3.8, 4) is 0 Å². The van der Waals surface area contributed by atoms with Gasteiger partial charge in [0, 0.05) is 31.1 Å². The van der Waals surface area contributed by atoms with Gasteiger partial charge in [-0.15, -0.1) is 0 Å². The Morgan fingerprint density at radius 1 is 1.17 bits per heavy atom. The first-order valence-corrected chi connectivity index (χ1v) is 7.07. The summed E-state index contributed by atoms with van der Waals surface area (Å²) < 4.78 is 5.34. The van der Waals surface area contributed by atoms with Crippen LogP contribution in [0.5, 0.6) is 0 Å². The zero-order chi connectivity index (χ0) is 12.5. The van der Waals surface area contributed by atoms with Gasteiger partial charge in [-0.1, -0.05) is 19.0 Å². The average Bonchev–Trinajstić information content (AvgIpc) is 3.04. The maximum Gasteiger partial charge on any atom is 0.324 e. The molecule has 1 aromatic heterocycles. The van der Waals surface area contributed by atoms with Crippen molar-refractivity contribution in [2.75, 3.05) is 18.0 Å². The molecule has 5 nitrogen and oxygen atoms in total. The van der Waals surface area contributed by atoms with Crippen LogP contribution < -0.4 is 10.2 Å². The van der Waals surface area contributed by atoms with Gasteiger partial charge in [0.05, 0.1) is 0 Å². The predicted octanol–water partition coefficient (Wildman–Crippen LogP) is 1.91. The second-order valence-corrected chi connectivity index (χ2v) is 5.79. The van der Waals surface area contributed by atoms with Gasteiger partial charge in [0.2, 0.25) is 0 Å². The normalized spacial score (nSPS) is 21.8. The van der Waals surface area contributed by atoms with Crippen LogP contribution in [0.1, 0.15) is 51.3 Å². The molecule has 2 fully saturated rings. The summed E-state index contributed by atoms with van der Waals surface area (Å²) in [6.07, 6.45) is 5.08. The summed E-state index contributed by atoms with van der Waals surface area (Å²) in [5, 5.41) is 7.72. The minimum absolute atomic E-state index is 0.330.